The quantitative estimate of drug-likeness (QED) is 0.518. The molecule has 28 heavy (non-hydrogen) atoms. The fourth-order valence-electron chi connectivity index (χ4n) is 3.40. The van der Waals surface area contributed by atoms with Crippen molar-refractivity contribution in [3.8, 4) is 5.69 Å². The third-order valence-electron chi connectivity index (χ3n) is 4.99. The number of halogens is 2. The first-order chi connectivity index (χ1) is 13.6. The minimum absolute atomic E-state index is 0.226. The van der Waals surface area contributed by atoms with E-state index in [2.05, 4.69) is 10.2 Å². The Hall–Kier alpha value is -2.99. The Labute approximate surface area is 165 Å². The van der Waals surface area contributed by atoms with Gasteiger partial charge in [0, 0.05) is 16.3 Å². The van der Waals surface area contributed by atoms with Crippen LogP contribution in [0.3, 0.4) is 0 Å². The van der Waals surface area contributed by atoms with E-state index >= 15 is 0 Å². The summed E-state index contributed by atoms with van der Waals surface area (Å²) in [5, 5.41) is 10.5. The molecule has 0 radical (unpaired) electrons. The van der Waals surface area contributed by atoms with E-state index in [9.17, 15) is 9.18 Å². The van der Waals surface area contributed by atoms with Gasteiger partial charge in [0.1, 0.15) is 11.3 Å². The van der Waals surface area contributed by atoms with Crippen molar-refractivity contribution >= 4 is 22.5 Å². The molecule has 1 fully saturated rings. The minimum Gasteiger partial charge on any atom is -0.265 e. The zero-order valence-corrected chi connectivity index (χ0v) is 15.6. The zero-order chi connectivity index (χ0) is 19.3. The molecule has 4 aromatic rings. The number of fused-ring (bicyclic) bond motifs is 1. The summed E-state index contributed by atoms with van der Waals surface area (Å²) in [5.41, 5.74) is 2.72. The first-order valence-corrected chi connectivity index (χ1v) is 9.47. The molecule has 2 aromatic heterocycles. The van der Waals surface area contributed by atoms with Gasteiger partial charge in [0.05, 0.1) is 24.1 Å². The topological polar surface area (TPSA) is 52.7 Å². The fraction of sp³-hybridized carbons (Fsp3) is 0.190. The molecule has 5 rings (SSSR count). The molecule has 7 heteroatoms. The number of hydrogen-bond donors (Lipinski definition) is 0. The number of rotatable bonds is 4. The molecular formula is C21H16ClFN4O. The first-order valence-electron chi connectivity index (χ1n) is 9.09. The largest absolute Gasteiger partial charge is 0.293 e. The lowest BCUT2D eigenvalue weighted by atomic mass is 10.2. The molecule has 1 saturated carbocycles. The maximum absolute atomic E-state index is 13.3. The van der Waals surface area contributed by atoms with Gasteiger partial charge in [-0.3, -0.25) is 4.79 Å². The lowest BCUT2D eigenvalue weighted by Crippen LogP contribution is -2.26. The van der Waals surface area contributed by atoms with E-state index in [1.54, 1.807) is 35.1 Å². The summed E-state index contributed by atoms with van der Waals surface area (Å²) in [5.74, 6) is 0.0196. The summed E-state index contributed by atoms with van der Waals surface area (Å²) >= 11 is 5.96. The van der Waals surface area contributed by atoms with Crippen LogP contribution >= 0.6 is 11.6 Å². The van der Waals surface area contributed by atoms with Crippen LogP contribution in [0.25, 0.3) is 16.6 Å². The Balaban J connectivity index is 1.69. The monoisotopic (exact) mass is 394 g/mol. The summed E-state index contributed by atoms with van der Waals surface area (Å²) in [6.45, 7) is 0.347. The summed E-state index contributed by atoms with van der Waals surface area (Å²) in [6.07, 6.45) is 3.80. The molecule has 2 heterocycles. The fourth-order valence-corrected chi connectivity index (χ4v) is 3.53. The maximum Gasteiger partial charge on any atom is 0.293 e. The number of hydrogen-bond acceptors (Lipinski definition) is 3. The van der Waals surface area contributed by atoms with E-state index in [0.717, 1.165) is 29.5 Å². The van der Waals surface area contributed by atoms with Crippen LogP contribution in [0, 0.1) is 5.82 Å². The van der Waals surface area contributed by atoms with Gasteiger partial charge in [0.15, 0.2) is 0 Å². The molecule has 140 valence electrons. The van der Waals surface area contributed by atoms with Crippen LogP contribution in [0.5, 0.6) is 0 Å². The standard InChI is InChI=1S/C21H16ClFN4O/c22-15-5-1-13(2-6-15)12-26-21(28)20-18(19(25-26)14-3-4-14)11-24-27(20)17-9-7-16(23)8-10-17/h1-2,5-11,14H,3-4,12H2. The summed E-state index contributed by atoms with van der Waals surface area (Å²) in [7, 11) is 0. The van der Waals surface area contributed by atoms with Gasteiger partial charge in [0.25, 0.3) is 5.56 Å². The Morgan fingerprint density at radius 3 is 2.46 bits per heavy atom. The lowest BCUT2D eigenvalue weighted by molar-refractivity contribution is 0.624. The second-order valence-corrected chi connectivity index (χ2v) is 7.48. The Bertz CT molecular complexity index is 1220. The van der Waals surface area contributed by atoms with Crippen molar-refractivity contribution < 1.29 is 4.39 Å². The lowest BCUT2D eigenvalue weighted by Gasteiger charge is -2.10. The van der Waals surface area contributed by atoms with Crippen LogP contribution in [0.15, 0.2) is 59.5 Å². The summed E-state index contributed by atoms with van der Waals surface area (Å²) in [6, 6.07) is 13.3. The molecule has 5 nitrogen and oxygen atoms in total. The minimum atomic E-state index is -0.333. The van der Waals surface area contributed by atoms with Gasteiger partial charge in [-0.2, -0.15) is 10.2 Å². The highest BCUT2D eigenvalue weighted by Gasteiger charge is 2.30. The molecule has 0 N–H and O–H groups in total. The van der Waals surface area contributed by atoms with E-state index in [1.807, 2.05) is 12.1 Å². The van der Waals surface area contributed by atoms with Crippen molar-refractivity contribution in [2.24, 2.45) is 0 Å². The molecule has 0 aliphatic heterocycles. The van der Waals surface area contributed by atoms with Crippen LogP contribution in [0.2, 0.25) is 5.02 Å². The van der Waals surface area contributed by atoms with Gasteiger partial charge in [-0.15, -0.1) is 0 Å². The van der Waals surface area contributed by atoms with Gasteiger partial charge in [0.2, 0.25) is 0 Å². The number of aromatic nitrogens is 4. The van der Waals surface area contributed by atoms with Crippen molar-refractivity contribution in [3.63, 3.8) is 0 Å². The van der Waals surface area contributed by atoms with Crippen LogP contribution in [0.1, 0.15) is 30.0 Å². The van der Waals surface area contributed by atoms with E-state index in [-0.39, 0.29) is 11.4 Å². The van der Waals surface area contributed by atoms with Gasteiger partial charge in [-0.1, -0.05) is 23.7 Å². The average molecular weight is 395 g/mol. The predicted molar refractivity (Wildman–Crippen MR) is 106 cm³/mol. The molecule has 1 aliphatic carbocycles. The van der Waals surface area contributed by atoms with Crippen LogP contribution in [0.4, 0.5) is 4.39 Å². The molecule has 0 spiro atoms. The second kappa shape index (κ2) is 6.56. The van der Waals surface area contributed by atoms with Gasteiger partial charge >= 0.3 is 0 Å². The van der Waals surface area contributed by atoms with Gasteiger partial charge < -0.3 is 0 Å². The Morgan fingerprint density at radius 2 is 1.79 bits per heavy atom. The van der Waals surface area contributed by atoms with Crippen LogP contribution < -0.4 is 5.56 Å². The maximum atomic E-state index is 13.3. The van der Waals surface area contributed by atoms with Crippen molar-refractivity contribution in [1.29, 1.82) is 0 Å². The smallest absolute Gasteiger partial charge is 0.265 e. The highest BCUT2D eigenvalue weighted by atomic mass is 35.5. The Kier molecular flexibility index (Phi) is 4.02. The molecular weight excluding hydrogens is 379 g/mol. The van der Waals surface area contributed by atoms with E-state index in [1.165, 1.54) is 16.8 Å². The number of benzene rings is 2. The normalized spacial score (nSPS) is 13.9. The highest BCUT2D eigenvalue weighted by Crippen LogP contribution is 2.41. The molecule has 0 bridgehead atoms. The average Bonchev–Trinajstić information content (AvgIpc) is 3.44. The van der Waals surface area contributed by atoms with Crippen molar-refractivity contribution in [2.45, 2.75) is 25.3 Å². The zero-order valence-electron chi connectivity index (χ0n) is 14.8. The SMILES string of the molecule is O=c1c2c(cnn2-c2ccc(F)cc2)c(C2CC2)nn1Cc1ccc(Cl)cc1. The van der Waals surface area contributed by atoms with E-state index in [4.69, 9.17) is 11.6 Å². The summed E-state index contributed by atoms with van der Waals surface area (Å²) < 4.78 is 16.4. The van der Waals surface area contributed by atoms with Crippen molar-refractivity contribution in [1.82, 2.24) is 19.6 Å². The molecule has 1 aliphatic rings. The van der Waals surface area contributed by atoms with E-state index in [0.29, 0.717) is 28.7 Å². The predicted octanol–water partition coefficient (Wildman–Crippen LogP) is 4.30. The third kappa shape index (κ3) is 2.99. The van der Waals surface area contributed by atoms with Crippen LogP contribution in [-0.2, 0) is 6.54 Å². The van der Waals surface area contributed by atoms with Crippen molar-refractivity contribution in [3.05, 3.63) is 87.2 Å². The molecule has 2 aromatic carbocycles. The van der Waals surface area contributed by atoms with Gasteiger partial charge in [-0.05, 0) is 54.8 Å². The van der Waals surface area contributed by atoms with Crippen LogP contribution in [-0.4, -0.2) is 19.6 Å². The first kappa shape index (κ1) is 17.1. The highest BCUT2D eigenvalue weighted by molar-refractivity contribution is 6.30. The van der Waals surface area contributed by atoms with Crippen molar-refractivity contribution in [2.75, 3.05) is 0 Å². The molecule has 0 atom stereocenters. The van der Waals surface area contributed by atoms with Gasteiger partial charge in [-0.25, -0.2) is 13.8 Å². The second-order valence-electron chi connectivity index (χ2n) is 7.04. The van der Waals surface area contributed by atoms with E-state index < -0.39 is 0 Å². The number of nitrogens with zero attached hydrogens (tertiary/aromatic N) is 4. The summed E-state index contributed by atoms with van der Waals surface area (Å²) in [4.78, 5) is 13.3. The molecule has 0 unspecified atom stereocenters. The Morgan fingerprint density at radius 1 is 1.07 bits per heavy atom. The third-order valence-corrected chi connectivity index (χ3v) is 5.24. The molecule has 0 saturated heterocycles. The molecule has 0 amide bonds.